The van der Waals surface area contributed by atoms with Crippen molar-refractivity contribution in [1.29, 1.82) is 0 Å². The fourth-order valence-corrected chi connectivity index (χ4v) is 4.39. The molecule has 2 N–H and O–H groups in total. The highest BCUT2D eigenvalue weighted by molar-refractivity contribution is 7.91. The minimum Gasteiger partial charge on any atom is -0.480 e. The van der Waals surface area contributed by atoms with E-state index in [2.05, 4.69) is 5.32 Å². The largest absolute Gasteiger partial charge is 0.480 e. The zero-order chi connectivity index (χ0) is 13.6. The summed E-state index contributed by atoms with van der Waals surface area (Å²) in [6.07, 6.45) is 1.79. The van der Waals surface area contributed by atoms with Crippen LogP contribution in [-0.2, 0) is 14.6 Å². The Morgan fingerprint density at radius 3 is 2.63 bits per heavy atom. The molecular weight excluding hydrogens is 266 g/mol. The smallest absolute Gasteiger partial charge is 0.321 e. The number of rotatable bonds is 4. The van der Waals surface area contributed by atoms with Crippen molar-refractivity contribution >= 4 is 15.8 Å². The van der Waals surface area contributed by atoms with Gasteiger partial charge in [-0.3, -0.25) is 10.1 Å². The van der Waals surface area contributed by atoms with Crippen LogP contribution in [0.4, 0.5) is 0 Å². The van der Waals surface area contributed by atoms with E-state index in [-0.39, 0.29) is 11.7 Å². The van der Waals surface area contributed by atoms with Crippen LogP contribution in [0.15, 0.2) is 29.2 Å². The van der Waals surface area contributed by atoms with Crippen LogP contribution in [0.3, 0.4) is 0 Å². The molecule has 1 aliphatic heterocycles. The third-order valence-corrected chi connectivity index (χ3v) is 5.57. The van der Waals surface area contributed by atoms with Crippen LogP contribution in [0.1, 0.15) is 24.4 Å². The minimum absolute atomic E-state index is 0.0527. The van der Waals surface area contributed by atoms with Crippen LogP contribution in [0.2, 0.25) is 0 Å². The number of nitrogens with one attached hydrogen (secondary N) is 1. The Morgan fingerprint density at radius 2 is 2.00 bits per heavy atom. The van der Waals surface area contributed by atoms with Crippen molar-refractivity contribution < 1.29 is 18.3 Å². The van der Waals surface area contributed by atoms with E-state index in [1.54, 1.807) is 24.3 Å². The van der Waals surface area contributed by atoms with Gasteiger partial charge in [0.25, 0.3) is 0 Å². The van der Waals surface area contributed by atoms with Crippen molar-refractivity contribution in [2.75, 3.05) is 5.75 Å². The molecule has 1 saturated carbocycles. The first-order valence-corrected chi connectivity index (χ1v) is 7.95. The van der Waals surface area contributed by atoms with Gasteiger partial charge in [-0.1, -0.05) is 18.2 Å². The standard InChI is InChI=1S/C13H15NO4S/c15-13(16)12(8-5-6-8)14-10-7-19(17,18)11-4-2-1-3-9(10)11/h1-4,8,10,12,14H,5-7H2,(H,15,16). The molecule has 1 heterocycles. The summed E-state index contributed by atoms with van der Waals surface area (Å²) in [5, 5.41) is 12.2. The van der Waals surface area contributed by atoms with Crippen molar-refractivity contribution in [3.63, 3.8) is 0 Å². The molecular formula is C13H15NO4S. The molecule has 2 atom stereocenters. The van der Waals surface area contributed by atoms with Crippen LogP contribution < -0.4 is 5.32 Å². The lowest BCUT2D eigenvalue weighted by Crippen LogP contribution is -2.41. The third kappa shape index (κ3) is 2.26. The zero-order valence-corrected chi connectivity index (χ0v) is 11.1. The molecule has 0 aromatic heterocycles. The van der Waals surface area contributed by atoms with Crippen LogP contribution >= 0.6 is 0 Å². The Balaban J connectivity index is 1.89. The van der Waals surface area contributed by atoms with Crippen molar-refractivity contribution in [3.8, 4) is 0 Å². The SMILES string of the molecule is O=C(O)C(NC1CS(=O)(=O)c2ccccc21)C1CC1. The first-order valence-electron chi connectivity index (χ1n) is 6.29. The lowest BCUT2D eigenvalue weighted by atomic mass is 10.1. The molecule has 6 heteroatoms. The molecule has 19 heavy (non-hydrogen) atoms. The molecule has 1 aromatic carbocycles. The summed E-state index contributed by atoms with van der Waals surface area (Å²) < 4.78 is 24.0. The molecule has 5 nitrogen and oxygen atoms in total. The number of aliphatic carboxylic acids is 1. The average Bonchev–Trinajstić information content (AvgIpc) is 3.14. The van der Waals surface area contributed by atoms with Crippen molar-refractivity contribution in [1.82, 2.24) is 5.32 Å². The van der Waals surface area contributed by atoms with E-state index in [0.29, 0.717) is 10.5 Å². The maximum atomic E-state index is 12.0. The van der Waals surface area contributed by atoms with Gasteiger partial charge in [0.1, 0.15) is 6.04 Å². The van der Waals surface area contributed by atoms with Gasteiger partial charge in [-0.05, 0) is 30.4 Å². The molecule has 2 aliphatic rings. The van der Waals surface area contributed by atoms with Crippen LogP contribution in [0.25, 0.3) is 0 Å². The number of hydrogen-bond donors (Lipinski definition) is 2. The zero-order valence-electron chi connectivity index (χ0n) is 10.2. The van der Waals surface area contributed by atoms with Crippen molar-refractivity contribution in [3.05, 3.63) is 29.8 Å². The number of sulfone groups is 1. The van der Waals surface area contributed by atoms with Gasteiger partial charge in [-0.25, -0.2) is 8.42 Å². The number of fused-ring (bicyclic) bond motifs is 1. The topological polar surface area (TPSA) is 83.5 Å². The first kappa shape index (κ1) is 12.6. The molecule has 1 aliphatic carbocycles. The quantitative estimate of drug-likeness (QED) is 0.859. The van der Waals surface area contributed by atoms with Crippen molar-refractivity contribution in [2.24, 2.45) is 5.92 Å². The Hall–Kier alpha value is -1.40. The number of carboxylic acids is 1. The molecule has 0 radical (unpaired) electrons. The highest BCUT2D eigenvalue weighted by atomic mass is 32.2. The Bertz CT molecular complexity index is 621. The van der Waals surface area contributed by atoms with Gasteiger partial charge in [0.15, 0.2) is 9.84 Å². The number of benzene rings is 1. The Morgan fingerprint density at radius 1 is 1.32 bits per heavy atom. The molecule has 1 aromatic rings. The molecule has 3 rings (SSSR count). The summed E-state index contributed by atoms with van der Waals surface area (Å²) in [5.74, 6) is -0.819. The fraction of sp³-hybridized carbons (Fsp3) is 0.462. The predicted octanol–water partition coefficient (Wildman–Crippen LogP) is 0.968. The number of carboxylic acid groups (broad SMARTS) is 1. The molecule has 102 valence electrons. The second-order valence-corrected chi connectivity index (χ2v) is 7.19. The van der Waals surface area contributed by atoms with Gasteiger partial charge in [0.2, 0.25) is 0 Å². The monoisotopic (exact) mass is 281 g/mol. The van der Waals surface area contributed by atoms with E-state index in [0.717, 1.165) is 12.8 Å². The maximum Gasteiger partial charge on any atom is 0.321 e. The van der Waals surface area contributed by atoms with Crippen molar-refractivity contribution in [2.45, 2.75) is 29.8 Å². The van der Waals surface area contributed by atoms with Gasteiger partial charge < -0.3 is 5.11 Å². The van der Waals surface area contributed by atoms with E-state index in [1.807, 2.05) is 0 Å². The van der Waals surface area contributed by atoms with Gasteiger partial charge >= 0.3 is 5.97 Å². The highest BCUT2D eigenvalue weighted by Crippen LogP contribution is 2.37. The molecule has 0 saturated heterocycles. The second-order valence-electron chi connectivity index (χ2n) is 5.19. The maximum absolute atomic E-state index is 12.0. The summed E-state index contributed by atoms with van der Waals surface area (Å²) in [5.41, 5.74) is 0.689. The van der Waals surface area contributed by atoms with Gasteiger partial charge in [0, 0.05) is 6.04 Å². The predicted molar refractivity (Wildman–Crippen MR) is 68.5 cm³/mol. The Kier molecular flexibility index (Phi) is 2.87. The van der Waals surface area contributed by atoms with E-state index in [4.69, 9.17) is 0 Å². The molecule has 2 unspecified atom stereocenters. The summed E-state index contributed by atoms with van der Waals surface area (Å²) in [6.45, 7) is 0. The lowest BCUT2D eigenvalue weighted by Gasteiger charge is -2.19. The normalized spacial score (nSPS) is 25.8. The lowest BCUT2D eigenvalue weighted by molar-refractivity contribution is -0.140. The summed E-state index contributed by atoms with van der Waals surface area (Å²) in [4.78, 5) is 11.6. The number of carbonyl (C=O) groups is 1. The van der Waals surface area contributed by atoms with Gasteiger partial charge in [-0.2, -0.15) is 0 Å². The van der Waals surface area contributed by atoms with Gasteiger partial charge in [-0.15, -0.1) is 0 Å². The first-order chi connectivity index (χ1) is 8.99. The van der Waals surface area contributed by atoms with Crippen LogP contribution in [-0.4, -0.2) is 31.3 Å². The summed E-state index contributed by atoms with van der Waals surface area (Å²) >= 11 is 0. The van der Waals surface area contributed by atoms with Crippen LogP contribution in [0, 0.1) is 5.92 Å². The van der Waals surface area contributed by atoms with Crippen LogP contribution in [0.5, 0.6) is 0 Å². The molecule has 1 fully saturated rings. The molecule has 0 bridgehead atoms. The van der Waals surface area contributed by atoms with E-state index in [9.17, 15) is 18.3 Å². The Labute approximate surface area is 111 Å². The second kappa shape index (κ2) is 4.31. The highest BCUT2D eigenvalue weighted by Gasteiger charge is 2.41. The summed E-state index contributed by atoms with van der Waals surface area (Å²) in [6, 6.07) is 5.74. The van der Waals surface area contributed by atoms with E-state index >= 15 is 0 Å². The van der Waals surface area contributed by atoms with E-state index < -0.39 is 27.9 Å². The molecule has 0 spiro atoms. The summed E-state index contributed by atoms with van der Waals surface area (Å²) in [7, 11) is -3.29. The molecule has 0 amide bonds. The average molecular weight is 281 g/mol. The van der Waals surface area contributed by atoms with E-state index in [1.165, 1.54) is 0 Å². The van der Waals surface area contributed by atoms with Gasteiger partial charge in [0.05, 0.1) is 10.6 Å². The third-order valence-electron chi connectivity index (χ3n) is 3.76. The minimum atomic E-state index is -3.29. The fourth-order valence-electron chi connectivity index (χ4n) is 2.64. The number of hydrogen-bond acceptors (Lipinski definition) is 4.